The molecule has 0 amide bonds. The zero-order valence-electron chi connectivity index (χ0n) is 11.4. The van der Waals surface area contributed by atoms with E-state index in [2.05, 4.69) is 0 Å². The topological polar surface area (TPSA) is 63.4 Å². The van der Waals surface area contributed by atoms with Crippen LogP contribution in [0.2, 0.25) is 9.36 Å². The standard InChI is InChI=1S/C13H14Cl2N2O2S2/c1-8-11(16)5-9(14)6-12(8)21(18,19)17(2)7-10-3-4-13(15)20-10/h3-6H,7,16H2,1-2H3. The van der Waals surface area contributed by atoms with Crippen molar-refractivity contribution in [1.82, 2.24) is 4.31 Å². The van der Waals surface area contributed by atoms with Crippen molar-refractivity contribution < 1.29 is 8.42 Å². The first kappa shape index (κ1) is 16.6. The van der Waals surface area contributed by atoms with Gasteiger partial charge in [-0.3, -0.25) is 0 Å². The number of nitrogens with zero attached hydrogens (tertiary/aromatic N) is 1. The van der Waals surface area contributed by atoms with Crippen LogP contribution in [0, 0.1) is 6.92 Å². The Morgan fingerprint density at radius 2 is 1.95 bits per heavy atom. The molecular weight excluding hydrogens is 351 g/mol. The predicted molar refractivity (Wildman–Crippen MR) is 88.6 cm³/mol. The van der Waals surface area contributed by atoms with Gasteiger partial charge in [0.25, 0.3) is 0 Å². The molecule has 0 aliphatic rings. The Labute approximate surface area is 138 Å². The third-order valence-corrected chi connectivity index (χ3v) is 6.42. The second-order valence-corrected chi connectivity index (χ2v) is 8.83. The van der Waals surface area contributed by atoms with Crippen LogP contribution in [0.1, 0.15) is 10.4 Å². The van der Waals surface area contributed by atoms with E-state index in [4.69, 9.17) is 28.9 Å². The van der Waals surface area contributed by atoms with Crippen LogP contribution in [-0.4, -0.2) is 19.8 Å². The van der Waals surface area contributed by atoms with Gasteiger partial charge in [-0.2, -0.15) is 4.31 Å². The number of sulfonamides is 1. The molecule has 2 N–H and O–H groups in total. The van der Waals surface area contributed by atoms with Gasteiger partial charge in [0.2, 0.25) is 10.0 Å². The van der Waals surface area contributed by atoms with E-state index in [1.54, 1.807) is 19.1 Å². The molecule has 2 rings (SSSR count). The average Bonchev–Trinajstić information content (AvgIpc) is 2.79. The third kappa shape index (κ3) is 3.52. The molecule has 0 radical (unpaired) electrons. The number of halogens is 2. The normalized spacial score (nSPS) is 12.0. The average molecular weight is 365 g/mol. The highest BCUT2D eigenvalue weighted by atomic mass is 35.5. The van der Waals surface area contributed by atoms with Gasteiger partial charge in [0.15, 0.2) is 0 Å². The molecule has 21 heavy (non-hydrogen) atoms. The number of rotatable bonds is 4. The van der Waals surface area contributed by atoms with E-state index in [0.717, 1.165) is 4.88 Å². The minimum Gasteiger partial charge on any atom is -0.398 e. The fourth-order valence-electron chi connectivity index (χ4n) is 1.85. The molecule has 0 saturated carbocycles. The monoisotopic (exact) mass is 364 g/mol. The van der Waals surface area contributed by atoms with Crippen LogP contribution in [0.15, 0.2) is 29.2 Å². The maximum atomic E-state index is 12.7. The lowest BCUT2D eigenvalue weighted by Gasteiger charge is -2.18. The van der Waals surface area contributed by atoms with Crippen molar-refractivity contribution in [3.05, 3.63) is 44.1 Å². The molecular formula is C13H14Cl2N2O2S2. The number of hydrogen-bond donors (Lipinski definition) is 1. The zero-order chi connectivity index (χ0) is 15.8. The van der Waals surface area contributed by atoms with Gasteiger partial charge in [-0.05, 0) is 36.8 Å². The van der Waals surface area contributed by atoms with Crippen molar-refractivity contribution in [1.29, 1.82) is 0 Å². The second kappa shape index (κ2) is 6.14. The molecule has 1 aromatic heterocycles. The summed E-state index contributed by atoms with van der Waals surface area (Å²) in [5.74, 6) is 0. The van der Waals surface area contributed by atoms with Crippen LogP contribution in [0.25, 0.3) is 0 Å². The van der Waals surface area contributed by atoms with E-state index in [0.29, 0.717) is 20.6 Å². The summed E-state index contributed by atoms with van der Waals surface area (Å²) in [4.78, 5) is 0.983. The molecule has 114 valence electrons. The van der Waals surface area contributed by atoms with Gasteiger partial charge in [0, 0.05) is 29.2 Å². The minimum atomic E-state index is -3.67. The number of thiophene rings is 1. The Balaban J connectivity index is 2.37. The van der Waals surface area contributed by atoms with E-state index >= 15 is 0 Å². The van der Waals surface area contributed by atoms with Crippen molar-refractivity contribution in [2.45, 2.75) is 18.4 Å². The molecule has 0 atom stereocenters. The molecule has 8 heteroatoms. The molecule has 0 aliphatic heterocycles. The molecule has 0 bridgehead atoms. The largest absolute Gasteiger partial charge is 0.398 e. The lowest BCUT2D eigenvalue weighted by molar-refractivity contribution is 0.469. The molecule has 4 nitrogen and oxygen atoms in total. The zero-order valence-corrected chi connectivity index (χ0v) is 14.6. The summed E-state index contributed by atoms with van der Waals surface area (Å²) in [5.41, 5.74) is 6.64. The molecule has 2 aromatic rings. The van der Waals surface area contributed by atoms with Crippen molar-refractivity contribution in [3.8, 4) is 0 Å². The summed E-state index contributed by atoms with van der Waals surface area (Å²) in [6.07, 6.45) is 0. The quantitative estimate of drug-likeness (QED) is 0.839. The minimum absolute atomic E-state index is 0.123. The third-order valence-electron chi connectivity index (χ3n) is 3.06. The van der Waals surface area contributed by atoms with Gasteiger partial charge in [-0.25, -0.2) is 8.42 Å². The number of hydrogen-bond acceptors (Lipinski definition) is 4. The highest BCUT2D eigenvalue weighted by Crippen LogP contribution is 2.29. The molecule has 0 saturated heterocycles. The van der Waals surface area contributed by atoms with Crippen molar-refractivity contribution in [2.75, 3.05) is 12.8 Å². The highest BCUT2D eigenvalue weighted by Gasteiger charge is 2.24. The van der Waals surface area contributed by atoms with E-state index in [-0.39, 0.29) is 11.4 Å². The number of benzene rings is 1. The lowest BCUT2D eigenvalue weighted by atomic mass is 10.2. The lowest BCUT2D eigenvalue weighted by Crippen LogP contribution is -2.27. The van der Waals surface area contributed by atoms with Gasteiger partial charge in [-0.1, -0.05) is 23.2 Å². The van der Waals surface area contributed by atoms with Gasteiger partial charge >= 0.3 is 0 Å². The summed E-state index contributed by atoms with van der Waals surface area (Å²) in [6, 6.07) is 6.50. The van der Waals surface area contributed by atoms with Crippen LogP contribution in [0.4, 0.5) is 5.69 Å². The molecule has 0 spiro atoms. The predicted octanol–water partition coefficient (Wildman–Crippen LogP) is 3.77. The van der Waals surface area contributed by atoms with Gasteiger partial charge in [0.05, 0.1) is 9.23 Å². The van der Waals surface area contributed by atoms with Crippen molar-refractivity contribution in [2.24, 2.45) is 0 Å². The number of nitrogens with two attached hydrogens (primary N) is 1. The molecule has 1 aromatic carbocycles. The Kier molecular flexibility index (Phi) is 4.85. The van der Waals surface area contributed by atoms with E-state index in [1.165, 1.54) is 34.8 Å². The fourth-order valence-corrected chi connectivity index (χ4v) is 4.79. The van der Waals surface area contributed by atoms with Crippen molar-refractivity contribution in [3.63, 3.8) is 0 Å². The second-order valence-electron chi connectivity index (χ2n) is 4.59. The van der Waals surface area contributed by atoms with Crippen molar-refractivity contribution >= 4 is 50.2 Å². The summed E-state index contributed by atoms with van der Waals surface area (Å²) < 4.78 is 27.2. The Morgan fingerprint density at radius 1 is 1.29 bits per heavy atom. The van der Waals surface area contributed by atoms with Crippen LogP contribution in [0.3, 0.4) is 0 Å². The van der Waals surface area contributed by atoms with Gasteiger partial charge < -0.3 is 5.73 Å². The van der Waals surface area contributed by atoms with Gasteiger partial charge in [0.1, 0.15) is 0 Å². The van der Waals surface area contributed by atoms with Gasteiger partial charge in [-0.15, -0.1) is 11.3 Å². The molecule has 0 fully saturated rings. The first-order valence-electron chi connectivity index (χ1n) is 5.98. The summed E-state index contributed by atoms with van der Waals surface area (Å²) >= 11 is 13.1. The van der Waals surface area contributed by atoms with E-state index < -0.39 is 10.0 Å². The van der Waals surface area contributed by atoms with E-state index in [1.807, 2.05) is 0 Å². The molecule has 0 unspecified atom stereocenters. The maximum Gasteiger partial charge on any atom is 0.243 e. The van der Waals surface area contributed by atoms with Crippen LogP contribution < -0.4 is 5.73 Å². The molecule has 0 aliphatic carbocycles. The Morgan fingerprint density at radius 3 is 2.52 bits per heavy atom. The first-order valence-corrected chi connectivity index (χ1v) is 8.99. The number of anilines is 1. The summed E-state index contributed by atoms with van der Waals surface area (Å²) in [6.45, 7) is 1.90. The SMILES string of the molecule is Cc1c(N)cc(Cl)cc1S(=O)(=O)N(C)Cc1ccc(Cl)s1. The first-order chi connectivity index (χ1) is 9.71. The van der Waals surface area contributed by atoms with Crippen LogP contribution in [-0.2, 0) is 16.6 Å². The fraction of sp³-hybridized carbons (Fsp3) is 0.231. The smallest absolute Gasteiger partial charge is 0.243 e. The van der Waals surface area contributed by atoms with E-state index in [9.17, 15) is 8.42 Å². The summed E-state index contributed by atoms with van der Waals surface area (Å²) in [7, 11) is -2.16. The number of nitrogen functional groups attached to an aromatic ring is 1. The summed E-state index contributed by atoms with van der Waals surface area (Å²) in [5, 5.41) is 0.296. The molecule has 1 heterocycles. The van der Waals surface area contributed by atoms with Crippen LogP contribution in [0.5, 0.6) is 0 Å². The Bertz CT molecular complexity index is 772. The highest BCUT2D eigenvalue weighted by molar-refractivity contribution is 7.89. The van der Waals surface area contributed by atoms with Crippen LogP contribution >= 0.6 is 34.5 Å². The Hall–Kier alpha value is -0.790. The maximum absolute atomic E-state index is 12.7.